The van der Waals surface area contributed by atoms with E-state index < -0.39 is 9.84 Å². The summed E-state index contributed by atoms with van der Waals surface area (Å²) < 4.78 is 23.0. The second-order valence-electron chi connectivity index (χ2n) is 5.64. The van der Waals surface area contributed by atoms with Crippen LogP contribution in [0.15, 0.2) is 48.5 Å². The number of hydrogen-bond acceptors (Lipinski definition) is 3. The van der Waals surface area contributed by atoms with Crippen LogP contribution in [0.5, 0.6) is 0 Å². The highest BCUT2D eigenvalue weighted by atomic mass is 35.5. The van der Waals surface area contributed by atoms with Gasteiger partial charge in [-0.15, -0.1) is 0 Å². The van der Waals surface area contributed by atoms with Crippen molar-refractivity contribution in [3.05, 3.63) is 64.7 Å². The third-order valence-corrected chi connectivity index (χ3v) is 4.40. The number of hydrogen-bond donors (Lipinski definition) is 1. The number of sulfone groups is 1. The standard InChI is InChI=1S/C17H19ClN2O3S/c1-20(11-13-6-5-8-15(18)10-13)17(21)19-16-9-4-3-7-14(16)12-24(2,22)23/h3-10H,11-12H2,1-2H3,(H,19,21). The van der Waals surface area contributed by atoms with Crippen LogP contribution >= 0.6 is 11.6 Å². The summed E-state index contributed by atoms with van der Waals surface area (Å²) in [5, 5.41) is 3.37. The second kappa shape index (κ2) is 7.68. The summed E-state index contributed by atoms with van der Waals surface area (Å²) in [6.45, 7) is 0.390. The van der Waals surface area contributed by atoms with Gasteiger partial charge in [-0.2, -0.15) is 0 Å². The maximum Gasteiger partial charge on any atom is 0.321 e. The molecule has 0 unspecified atom stereocenters. The molecular formula is C17H19ClN2O3S. The van der Waals surface area contributed by atoms with Crippen LogP contribution in [0.1, 0.15) is 11.1 Å². The highest BCUT2D eigenvalue weighted by Crippen LogP contribution is 2.19. The van der Waals surface area contributed by atoms with Gasteiger partial charge in [-0.3, -0.25) is 0 Å². The normalized spacial score (nSPS) is 11.1. The van der Waals surface area contributed by atoms with Gasteiger partial charge in [-0.25, -0.2) is 13.2 Å². The largest absolute Gasteiger partial charge is 0.323 e. The zero-order valence-corrected chi connectivity index (χ0v) is 15.1. The molecule has 2 aromatic rings. The van der Waals surface area contributed by atoms with Gasteiger partial charge in [-0.1, -0.05) is 41.9 Å². The molecular weight excluding hydrogens is 348 g/mol. The Kier molecular flexibility index (Phi) is 5.85. The van der Waals surface area contributed by atoms with Crippen molar-refractivity contribution >= 4 is 33.2 Å². The maximum absolute atomic E-state index is 12.4. The minimum atomic E-state index is -3.19. The van der Waals surface area contributed by atoms with Crippen LogP contribution in [0.4, 0.5) is 10.5 Å². The van der Waals surface area contributed by atoms with Crippen molar-refractivity contribution in [3.63, 3.8) is 0 Å². The Hall–Kier alpha value is -2.05. The minimum absolute atomic E-state index is 0.124. The van der Waals surface area contributed by atoms with E-state index in [4.69, 9.17) is 11.6 Å². The molecule has 0 aliphatic rings. The number of carbonyl (C=O) groups excluding carboxylic acids is 1. The third-order valence-electron chi connectivity index (χ3n) is 3.33. The summed E-state index contributed by atoms with van der Waals surface area (Å²) in [6, 6.07) is 13.8. The van der Waals surface area contributed by atoms with Gasteiger partial charge in [0.15, 0.2) is 9.84 Å². The van der Waals surface area contributed by atoms with E-state index in [1.807, 2.05) is 12.1 Å². The number of urea groups is 1. The number of halogens is 1. The summed E-state index contributed by atoms with van der Waals surface area (Å²) in [4.78, 5) is 13.9. The molecule has 0 heterocycles. The molecule has 24 heavy (non-hydrogen) atoms. The molecule has 0 atom stereocenters. The van der Waals surface area contributed by atoms with Crippen LogP contribution in [-0.4, -0.2) is 32.7 Å². The Morgan fingerprint density at radius 1 is 1.17 bits per heavy atom. The first-order valence-electron chi connectivity index (χ1n) is 7.27. The Balaban J connectivity index is 2.09. The van der Waals surface area contributed by atoms with E-state index in [2.05, 4.69) is 5.32 Å². The van der Waals surface area contributed by atoms with Gasteiger partial charge in [0, 0.05) is 30.6 Å². The number of nitrogens with one attached hydrogen (secondary N) is 1. The van der Waals surface area contributed by atoms with Crippen molar-refractivity contribution < 1.29 is 13.2 Å². The highest BCUT2D eigenvalue weighted by Gasteiger charge is 2.14. The first kappa shape index (κ1) is 18.3. The lowest BCUT2D eigenvalue weighted by molar-refractivity contribution is 0.220. The first-order valence-corrected chi connectivity index (χ1v) is 9.70. The summed E-state index contributed by atoms with van der Waals surface area (Å²) >= 11 is 5.94. The Bertz CT molecular complexity index is 837. The number of para-hydroxylation sites is 1. The van der Waals surface area contributed by atoms with E-state index >= 15 is 0 Å². The van der Waals surface area contributed by atoms with E-state index in [0.29, 0.717) is 22.8 Å². The van der Waals surface area contributed by atoms with Gasteiger partial charge < -0.3 is 10.2 Å². The number of amides is 2. The SMILES string of the molecule is CN(Cc1cccc(Cl)c1)C(=O)Nc1ccccc1CS(C)(=O)=O. The van der Waals surface area contributed by atoms with E-state index in [1.165, 1.54) is 4.90 Å². The zero-order chi connectivity index (χ0) is 17.7. The molecule has 0 radical (unpaired) electrons. The van der Waals surface area contributed by atoms with Crippen molar-refractivity contribution in [1.29, 1.82) is 0 Å². The van der Waals surface area contributed by atoms with Crippen molar-refractivity contribution in [1.82, 2.24) is 4.90 Å². The summed E-state index contributed by atoms with van der Waals surface area (Å²) in [7, 11) is -1.53. The number of nitrogens with zero attached hydrogens (tertiary/aromatic N) is 1. The van der Waals surface area contributed by atoms with Crippen molar-refractivity contribution in [3.8, 4) is 0 Å². The van der Waals surface area contributed by atoms with Crippen molar-refractivity contribution in [2.75, 3.05) is 18.6 Å². The molecule has 2 aromatic carbocycles. The molecule has 0 aromatic heterocycles. The number of benzene rings is 2. The van der Waals surface area contributed by atoms with Gasteiger partial charge in [0.05, 0.1) is 5.75 Å². The van der Waals surface area contributed by atoms with Crippen LogP contribution in [0.25, 0.3) is 0 Å². The molecule has 0 spiro atoms. The van der Waals surface area contributed by atoms with Crippen LogP contribution in [0.2, 0.25) is 5.02 Å². The predicted octanol–water partition coefficient (Wildman–Crippen LogP) is 3.55. The number of anilines is 1. The van der Waals surface area contributed by atoms with Gasteiger partial charge in [0.25, 0.3) is 0 Å². The lowest BCUT2D eigenvalue weighted by Crippen LogP contribution is -2.31. The molecule has 0 aliphatic carbocycles. The number of rotatable bonds is 5. The average molecular weight is 367 g/mol. The Morgan fingerprint density at radius 3 is 2.54 bits per heavy atom. The summed E-state index contributed by atoms with van der Waals surface area (Å²) in [5.41, 5.74) is 1.96. The van der Waals surface area contributed by atoms with Crippen LogP contribution in [-0.2, 0) is 22.1 Å². The number of carbonyl (C=O) groups is 1. The molecule has 1 N–H and O–H groups in total. The smallest absolute Gasteiger partial charge is 0.321 e. The minimum Gasteiger partial charge on any atom is -0.323 e. The Morgan fingerprint density at radius 2 is 1.88 bits per heavy atom. The van der Waals surface area contributed by atoms with E-state index in [-0.39, 0.29) is 11.8 Å². The van der Waals surface area contributed by atoms with Crippen LogP contribution in [0, 0.1) is 0 Å². The fraction of sp³-hybridized carbons (Fsp3) is 0.235. The molecule has 0 saturated heterocycles. The molecule has 7 heteroatoms. The third kappa shape index (κ3) is 5.54. The summed E-state index contributed by atoms with van der Waals surface area (Å²) in [5.74, 6) is -0.124. The quantitative estimate of drug-likeness (QED) is 0.879. The van der Waals surface area contributed by atoms with E-state index in [1.54, 1.807) is 43.4 Å². The molecule has 0 aliphatic heterocycles. The maximum atomic E-state index is 12.4. The van der Waals surface area contributed by atoms with Gasteiger partial charge >= 0.3 is 6.03 Å². The first-order chi connectivity index (χ1) is 11.2. The Labute approximate surface area is 147 Å². The molecule has 2 amide bonds. The molecule has 2 rings (SSSR count). The van der Waals surface area contributed by atoms with Crippen LogP contribution in [0.3, 0.4) is 0 Å². The van der Waals surface area contributed by atoms with E-state index in [0.717, 1.165) is 11.8 Å². The van der Waals surface area contributed by atoms with Crippen molar-refractivity contribution in [2.24, 2.45) is 0 Å². The lowest BCUT2D eigenvalue weighted by atomic mass is 10.2. The predicted molar refractivity (Wildman–Crippen MR) is 96.9 cm³/mol. The highest BCUT2D eigenvalue weighted by molar-refractivity contribution is 7.89. The molecule has 128 valence electrons. The zero-order valence-electron chi connectivity index (χ0n) is 13.5. The fourth-order valence-corrected chi connectivity index (χ4v) is 3.27. The van der Waals surface area contributed by atoms with E-state index in [9.17, 15) is 13.2 Å². The topological polar surface area (TPSA) is 66.5 Å². The fourth-order valence-electron chi connectivity index (χ4n) is 2.24. The van der Waals surface area contributed by atoms with Gasteiger partial charge in [-0.05, 0) is 29.3 Å². The summed E-state index contributed by atoms with van der Waals surface area (Å²) in [6.07, 6.45) is 1.16. The molecule has 0 bridgehead atoms. The second-order valence-corrected chi connectivity index (χ2v) is 8.22. The van der Waals surface area contributed by atoms with Gasteiger partial charge in [0.2, 0.25) is 0 Å². The molecule has 0 saturated carbocycles. The monoisotopic (exact) mass is 366 g/mol. The molecule has 0 fully saturated rings. The average Bonchev–Trinajstić information content (AvgIpc) is 2.47. The van der Waals surface area contributed by atoms with Gasteiger partial charge in [0.1, 0.15) is 0 Å². The lowest BCUT2D eigenvalue weighted by Gasteiger charge is -2.19. The van der Waals surface area contributed by atoms with Crippen LogP contribution < -0.4 is 5.32 Å². The van der Waals surface area contributed by atoms with Crippen molar-refractivity contribution in [2.45, 2.75) is 12.3 Å². The molecule has 5 nitrogen and oxygen atoms in total.